The molecule has 0 saturated heterocycles. The first-order valence-corrected chi connectivity index (χ1v) is 10.5. The highest BCUT2D eigenvalue weighted by molar-refractivity contribution is 7.85. The Labute approximate surface area is 177 Å². The second-order valence-corrected chi connectivity index (χ2v) is 8.27. The van der Waals surface area contributed by atoms with Gasteiger partial charge in [-0.15, -0.1) is 12.4 Å². The Hall–Kier alpha value is -2.38. The van der Waals surface area contributed by atoms with Crippen molar-refractivity contribution in [1.82, 2.24) is 4.90 Å². The van der Waals surface area contributed by atoms with Gasteiger partial charge < -0.3 is 4.74 Å². The van der Waals surface area contributed by atoms with Crippen molar-refractivity contribution in [1.29, 1.82) is 0 Å². The molecule has 0 bridgehead atoms. The minimum Gasteiger partial charge on any atom is -0.492 e. The smallest absolute Gasteiger partial charge is 0.294 e. The van der Waals surface area contributed by atoms with Crippen molar-refractivity contribution >= 4 is 22.5 Å². The number of fused-ring (bicyclic) bond motifs is 1. The lowest BCUT2D eigenvalue weighted by molar-refractivity contribution is 0.211. The minimum atomic E-state index is -4.17. The van der Waals surface area contributed by atoms with Crippen LogP contribution in [0.3, 0.4) is 0 Å². The van der Waals surface area contributed by atoms with Gasteiger partial charge in [0.1, 0.15) is 12.4 Å². The highest BCUT2D eigenvalue weighted by Crippen LogP contribution is 2.25. The Bertz CT molecular complexity index is 1040. The fourth-order valence-corrected chi connectivity index (χ4v) is 3.90. The van der Waals surface area contributed by atoms with Crippen molar-refractivity contribution in [2.75, 3.05) is 13.2 Å². The summed E-state index contributed by atoms with van der Waals surface area (Å²) in [6.45, 7) is 3.43. The SMILES string of the molecule is Cl.O=S(=O)(O)c1ccc(-c2ccc(OCCN3Cc4ccccc4C3)cc2)cc1. The van der Waals surface area contributed by atoms with Gasteiger partial charge in [-0.2, -0.15) is 8.42 Å². The lowest BCUT2D eigenvalue weighted by atomic mass is 10.1. The van der Waals surface area contributed by atoms with Gasteiger partial charge in [-0.3, -0.25) is 9.45 Å². The van der Waals surface area contributed by atoms with Crippen LogP contribution in [0.25, 0.3) is 11.1 Å². The summed E-state index contributed by atoms with van der Waals surface area (Å²) in [6, 6.07) is 22.3. The van der Waals surface area contributed by atoms with Gasteiger partial charge in [-0.25, -0.2) is 0 Å². The molecule has 0 saturated carbocycles. The number of halogens is 1. The van der Waals surface area contributed by atoms with Gasteiger partial charge in [0.2, 0.25) is 0 Å². The summed E-state index contributed by atoms with van der Waals surface area (Å²) in [5.41, 5.74) is 4.61. The van der Waals surface area contributed by atoms with Gasteiger partial charge in [0.25, 0.3) is 10.1 Å². The molecule has 3 aromatic carbocycles. The normalized spacial score (nSPS) is 13.6. The maximum Gasteiger partial charge on any atom is 0.294 e. The third-order valence-electron chi connectivity index (χ3n) is 4.92. The van der Waals surface area contributed by atoms with E-state index < -0.39 is 10.1 Å². The monoisotopic (exact) mass is 431 g/mol. The molecule has 0 amide bonds. The van der Waals surface area contributed by atoms with Crippen molar-refractivity contribution in [3.63, 3.8) is 0 Å². The molecule has 7 heteroatoms. The number of nitrogens with zero attached hydrogens (tertiary/aromatic N) is 1. The summed E-state index contributed by atoms with van der Waals surface area (Å²) in [5, 5.41) is 0. The molecule has 1 heterocycles. The zero-order valence-electron chi connectivity index (χ0n) is 15.7. The molecule has 1 aliphatic heterocycles. The average molecular weight is 432 g/mol. The number of hydrogen-bond donors (Lipinski definition) is 1. The Morgan fingerprint density at radius 1 is 0.828 bits per heavy atom. The van der Waals surface area contributed by atoms with Gasteiger partial charge >= 0.3 is 0 Å². The van der Waals surface area contributed by atoms with Gasteiger partial charge in [-0.05, 0) is 46.5 Å². The van der Waals surface area contributed by atoms with E-state index in [9.17, 15) is 8.42 Å². The molecule has 1 aliphatic rings. The van der Waals surface area contributed by atoms with Gasteiger partial charge in [0, 0.05) is 19.6 Å². The first-order valence-electron chi connectivity index (χ1n) is 9.09. The topological polar surface area (TPSA) is 66.8 Å². The van der Waals surface area contributed by atoms with Crippen LogP contribution >= 0.6 is 12.4 Å². The molecule has 29 heavy (non-hydrogen) atoms. The van der Waals surface area contributed by atoms with E-state index in [0.29, 0.717) is 6.61 Å². The summed E-state index contributed by atoms with van der Waals surface area (Å²) >= 11 is 0. The van der Waals surface area contributed by atoms with Crippen LogP contribution in [0.2, 0.25) is 0 Å². The van der Waals surface area contributed by atoms with Gasteiger partial charge in [0.15, 0.2) is 0 Å². The summed E-state index contributed by atoms with van der Waals surface area (Å²) in [7, 11) is -4.17. The number of benzene rings is 3. The van der Waals surface area contributed by atoms with Crippen LogP contribution in [0.4, 0.5) is 0 Å². The predicted molar refractivity (Wildman–Crippen MR) is 115 cm³/mol. The molecule has 0 unspecified atom stereocenters. The molecule has 0 aromatic heterocycles. The summed E-state index contributed by atoms with van der Waals surface area (Å²) in [5.74, 6) is 0.801. The van der Waals surface area contributed by atoms with Crippen molar-refractivity contribution in [2.24, 2.45) is 0 Å². The van der Waals surface area contributed by atoms with Crippen LogP contribution in [0.1, 0.15) is 11.1 Å². The summed E-state index contributed by atoms with van der Waals surface area (Å²) < 4.78 is 37.2. The molecule has 0 radical (unpaired) electrons. The van der Waals surface area contributed by atoms with E-state index >= 15 is 0 Å². The predicted octanol–water partition coefficient (Wildman–Crippen LogP) is 4.42. The summed E-state index contributed by atoms with van der Waals surface area (Å²) in [4.78, 5) is 2.26. The quantitative estimate of drug-likeness (QED) is 0.585. The third kappa shape index (κ3) is 5.16. The zero-order chi connectivity index (χ0) is 19.6. The third-order valence-corrected chi connectivity index (χ3v) is 5.79. The lowest BCUT2D eigenvalue weighted by Gasteiger charge is -2.15. The van der Waals surface area contributed by atoms with Crippen LogP contribution in [0.15, 0.2) is 77.7 Å². The van der Waals surface area contributed by atoms with E-state index in [4.69, 9.17) is 9.29 Å². The van der Waals surface area contributed by atoms with Crippen molar-refractivity contribution in [3.05, 3.63) is 83.9 Å². The van der Waals surface area contributed by atoms with Crippen LogP contribution in [-0.2, 0) is 23.2 Å². The Kier molecular flexibility index (Phi) is 6.59. The molecule has 4 rings (SSSR count). The zero-order valence-corrected chi connectivity index (χ0v) is 17.3. The molecule has 3 aromatic rings. The second-order valence-electron chi connectivity index (χ2n) is 6.85. The number of ether oxygens (including phenoxy) is 1. The highest BCUT2D eigenvalue weighted by atomic mass is 35.5. The fourth-order valence-electron chi connectivity index (χ4n) is 3.42. The van der Waals surface area contributed by atoms with Crippen molar-refractivity contribution in [3.8, 4) is 16.9 Å². The molecular weight excluding hydrogens is 410 g/mol. The summed E-state index contributed by atoms with van der Waals surface area (Å²) in [6.07, 6.45) is 0. The molecule has 5 nitrogen and oxygen atoms in total. The van der Waals surface area contributed by atoms with Gasteiger partial charge in [0.05, 0.1) is 4.90 Å². The average Bonchev–Trinajstić information content (AvgIpc) is 3.11. The van der Waals surface area contributed by atoms with Crippen LogP contribution < -0.4 is 4.74 Å². The number of hydrogen-bond acceptors (Lipinski definition) is 4. The largest absolute Gasteiger partial charge is 0.492 e. The Balaban J connectivity index is 0.00000240. The maximum absolute atomic E-state index is 11.1. The van der Waals surface area contributed by atoms with Crippen LogP contribution in [0.5, 0.6) is 5.75 Å². The maximum atomic E-state index is 11.1. The highest BCUT2D eigenvalue weighted by Gasteiger charge is 2.17. The first-order chi connectivity index (χ1) is 13.5. The van der Waals surface area contributed by atoms with Crippen molar-refractivity contribution in [2.45, 2.75) is 18.0 Å². The van der Waals surface area contributed by atoms with Gasteiger partial charge in [-0.1, -0.05) is 48.5 Å². The Morgan fingerprint density at radius 2 is 1.34 bits per heavy atom. The molecule has 0 atom stereocenters. The van der Waals surface area contributed by atoms with E-state index in [2.05, 4.69) is 29.2 Å². The van der Waals surface area contributed by atoms with E-state index in [1.165, 1.54) is 23.3 Å². The first kappa shape index (κ1) is 21.3. The fraction of sp³-hybridized carbons (Fsp3) is 0.182. The van der Waals surface area contributed by atoms with Crippen LogP contribution in [0, 0.1) is 0 Å². The Morgan fingerprint density at radius 3 is 1.86 bits per heavy atom. The molecule has 0 aliphatic carbocycles. The minimum absolute atomic E-state index is 0. The molecule has 0 fully saturated rings. The molecule has 0 spiro atoms. The van der Waals surface area contributed by atoms with E-state index in [-0.39, 0.29) is 17.3 Å². The van der Waals surface area contributed by atoms with Crippen LogP contribution in [-0.4, -0.2) is 31.0 Å². The van der Waals surface area contributed by atoms with E-state index in [0.717, 1.165) is 36.5 Å². The standard InChI is InChI=1S/C22H21NO4S.ClH/c24-28(25,26)22-11-7-18(8-12-22)17-5-9-21(10-6-17)27-14-13-23-15-19-3-1-2-4-20(19)16-23;/h1-12H,13-16H2,(H,24,25,26);1H. The second kappa shape index (κ2) is 8.97. The molecular formula is C22H22ClNO4S. The molecule has 152 valence electrons. The van der Waals surface area contributed by atoms with Crippen molar-refractivity contribution < 1.29 is 17.7 Å². The van der Waals surface area contributed by atoms with E-state index in [1.54, 1.807) is 12.1 Å². The number of rotatable bonds is 6. The van der Waals surface area contributed by atoms with E-state index in [1.807, 2.05) is 24.3 Å². The molecule has 1 N–H and O–H groups in total. The lowest BCUT2D eigenvalue weighted by Crippen LogP contribution is -2.22.